The molecular formula is C5H5Cl5O. The van der Waals surface area contributed by atoms with Crippen LogP contribution in [0.2, 0.25) is 0 Å². The molecule has 1 aliphatic rings. The van der Waals surface area contributed by atoms with Crippen LogP contribution in [-0.4, -0.2) is 27.3 Å². The van der Waals surface area contributed by atoms with E-state index >= 15 is 0 Å². The van der Waals surface area contributed by atoms with Gasteiger partial charge in [-0.05, 0) is 0 Å². The number of hydrogen-bond acceptors (Lipinski definition) is 1. The van der Waals surface area contributed by atoms with Crippen molar-refractivity contribution in [3.63, 3.8) is 0 Å². The summed E-state index contributed by atoms with van der Waals surface area (Å²) in [6, 6.07) is 0. The summed E-state index contributed by atoms with van der Waals surface area (Å²) in [5.41, 5.74) is -1.34. The zero-order chi connectivity index (χ0) is 8.59. The molecular weight excluding hydrogens is 253 g/mol. The van der Waals surface area contributed by atoms with Crippen molar-refractivity contribution in [2.24, 2.45) is 0 Å². The van der Waals surface area contributed by atoms with Crippen LogP contribution in [0.4, 0.5) is 0 Å². The highest BCUT2D eigenvalue weighted by atomic mass is 35.5. The summed E-state index contributed by atoms with van der Waals surface area (Å²) in [7, 11) is 0. The normalized spacial score (nSPS) is 52.6. The van der Waals surface area contributed by atoms with Gasteiger partial charge in [0.15, 0.2) is 11.1 Å². The van der Waals surface area contributed by atoms with Crippen LogP contribution in [0, 0.1) is 0 Å². The van der Waals surface area contributed by atoms with Crippen molar-refractivity contribution >= 4 is 58.0 Å². The monoisotopic (exact) mass is 256 g/mol. The Kier molecular flexibility index (Phi) is 3.89. The van der Waals surface area contributed by atoms with Crippen LogP contribution in [0.25, 0.3) is 0 Å². The Balaban J connectivity index is 2.63. The summed E-state index contributed by atoms with van der Waals surface area (Å²) in [5, 5.41) is -1.47. The number of ether oxygens (including phenoxy) is 1. The molecule has 0 radical (unpaired) electrons. The molecule has 4 unspecified atom stereocenters. The van der Waals surface area contributed by atoms with E-state index in [-0.39, 0.29) is 0 Å². The topological polar surface area (TPSA) is 9.23 Å². The summed E-state index contributed by atoms with van der Waals surface area (Å²) in [6.45, 7) is 0. The summed E-state index contributed by atoms with van der Waals surface area (Å²) >= 11 is 28.6. The lowest BCUT2D eigenvalue weighted by Gasteiger charge is -2.34. The molecule has 0 aromatic rings. The number of halogens is 5. The van der Waals surface area contributed by atoms with Crippen LogP contribution in [0.5, 0.6) is 0 Å². The van der Waals surface area contributed by atoms with Crippen molar-refractivity contribution in [3.05, 3.63) is 0 Å². The maximum absolute atomic E-state index is 5.79. The molecule has 66 valence electrons. The molecule has 0 bridgehead atoms. The van der Waals surface area contributed by atoms with Gasteiger partial charge in [-0.1, -0.05) is 23.2 Å². The second-order valence-corrected chi connectivity index (χ2v) is 4.54. The van der Waals surface area contributed by atoms with Gasteiger partial charge < -0.3 is 4.74 Å². The largest absolute Gasteiger partial charge is 0.340 e. The maximum atomic E-state index is 5.79. The molecule has 1 aliphatic heterocycles. The second kappa shape index (κ2) is 4.08. The molecule has 0 saturated carbocycles. The molecule has 0 spiro atoms. The second-order valence-electron chi connectivity index (χ2n) is 2.17. The molecule has 0 aliphatic carbocycles. The third-order valence-corrected chi connectivity index (χ3v) is 4.18. The smallest absolute Gasteiger partial charge is 0.151 e. The minimum atomic E-state index is -0.670. The number of rotatable bonds is 0. The van der Waals surface area contributed by atoms with Crippen molar-refractivity contribution in [2.75, 3.05) is 0 Å². The van der Waals surface area contributed by atoms with Gasteiger partial charge >= 0.3 is 0 Å². The van der Waals surface area contributed by atoms with Gasteiger partial charge in [0.2, 0.25) is 0 Å². The molecule has 1 heterocycles. The fraction of sp³-hybridized carbons (Fsp3) is 1.00. The summed E-state index contributed by atoms with van der Waals surface area (Å²) < 4.78 is 4.96. The lowest BCUT2D eigenvalue weighted by Crippen LogP contribution is -2.46. The summed E-state index contributed by atoms with van der Waals surface area (Å²) in [5.74, 6) is 0. The van der Waals surface area contributed by atoms with Crippen molar-refractivity contribution in [3.8, 4) is 0 Å². The van der Waals surface area contributed by atoms with Gasteiger partial charge in [-0.2, -0.15) is 0 Å². The molecule has 0 amide bonds. The van der Waals surface area contributed by atoms with E-state index in [0.717, 1.165) is 0 Å². The average molecular weight is 258 g/mol. The van der Waals surface area contributed by atoms with Gasteiger partial charge in [0.1, 0.15) is 0 Å². The van der Waals surface area contributed by atoms with Crippen LogP contribution in [0.15, 0.2) is 0 Å². The first-order valence-electron chi connectivity index (χ1n) is 2.90. The lowest BCUT2D eigenvalue weighted by molar-refractivity contribution is 0.0485. The van der Waals surface area contributed by atoms with E-state index < -0.39 is 27.3 Å². The van der Waals surface area contributed by atoms with Crippen molar-refractivity contribution in [1.29, 1.82) is 0 Å². The highest BCUT2D eigenvalue weighted by Gasteiger charge is 2.41. The minimum Gasteiger partial charge on any atom is -0.340 e. The van der Waals surface area contributed by atoms with E-state index in [4.69, 9.17) is 62.7 Å². The Hall–Kier alpha value is 1.41. The Labute approximate surface area is 89.8 Å². The van der Waals surface area contributed by atoms with Gasteiger partial charge in [-0.15, -0.1) is 34.8 Å². The molecule has 0 N–H and O–H groups in total. The number of alkyl halides is 5. The highest BCUT2D eigenvalue weighted by molar-refractivity contribution is 6.40. The zero-order valence-corrected chi connectivity index (χ0v) is 8.96. The fourth-order valence-electron chi connectivity index (χ4n) is 0.739. The SMILES string of the molecule is ClC1OC(Cl)C(Cl)C(Cl)C1Cl. The molecule has 1 fully saturated rings. The zero-order valence-electron chi connectivity index (χ0n) is 5.18. The molecule has 11 heavy (non-hydrogen) atoms. The van der Waals surface area contributed by atoms with Crippen LogP contribution >= 0.6 is 58.0 Å². The van der Waals surface area contributed by atoms with E-state index in [2.05, 4.69) is 0 Å². The Bertz CT molecular complexity index is 129. The maximum Gasteiger partial charge on any atom is 0.151 e. The van der Waals surface area contributed by atoms with Gasteiger partial charge in [-0.3, -0.25) is 0 Å². The molecule has 1 rings (SSSR count). The molecule has 4 atom stereocenters. The van der Waals surface area contributed by atoms with E-state index in [1.54, 1.807) is 0 Å². The first-order chi connectivity index (χ1) is 5.04. The highest BCUT2D eigenvalue weighted by Crippen LogP contribution is 2.35. The van der Waals surface area contributed by atoms with Crippen LogP contribution in [0.1, 0.15) is 0 Å². The van der Waals surface area contributed by atoms with E-state index in [9.17, 15) is 0 Å². The third-order valence-electron chi connectivity index (χ3n) is 1.37. The lowest BCUT2D eigenvalue weighted by atomic mass is 10.2. The van der Waals surface area contributed by atoms with Crippen molar-refractivity contribution < 1.29 is 4.74 Å². The molecule has 0 aromatic heterocycles. The Morgan fingerprint density at radius 2 is 1.00 bits per heavy atom. The first kappa shape index (κ1) is 10.5. The standard InChI is InChI=1S/C5H5Cl5O/c6-1-2(7)4(9)11-5(10)3(1)8/h1-5H. The third kappa shape index (κ3) is 2.20. The van der Waals surface area contributed by atoms with Crippen LogP contribution in [-0.2, 0) is 4.74 Å². The van der Waals surface area contributed by atoms with Gasteiger partial charge in [-0.25, -0.2) is 0 Å². The van der Waals surface area contributed by atoms with Crippen LogP contribution < -0.4 is 0 Å². The fourth-order valence-corrected chi connectivity index (χ4v) is 2.25. The van der Waals surface area contributed by atoms with E-state index in [1.807, 2.05) is 0 Å². The average Bonchev–Trinajstić information content (AvgIpc) is 1.97. The summed E-state index contributed by atoms with van der Waals surface area (Å²) in [4.78, 5) is 0. The van der Waals surface area contributed by atoms with Gasteiger partial charge in [0.25, 0.3) is 0 Å². The van der Waals surface area contributed by atoms with Crippen LogP contribution in [0.3, 0.4) is 0 Å². The molecule has 0 aromatic carbocycles. The van der Waals surface area contributed by atoms with Gasteiger partial charge in [0, 0.05) is 0 Å². The van der Waals surface area contributed by atoms with Crippen molar-refractivity contribution in [2.45, 2.75) is 27.3 Å². The Morgan fingerprint density at radius 1 is 0.636 bits per heavy atom. The molecule has 1 nitrogen and oxygen atoms in total. The molecule has 1 saturated heterocycles. The van der Waals surface area contributed by atoms with Crippen molar-refractivity contribution in [1.82, 2.24) is 0 Å². The molecule has 6 heteroatoms. The summed E-state index contributed by atoms with van der Waals surface area (Å²) in [6.07, 6.45) is 0. The first-order valence-corrected chi connectivity index (χ1v) is 5.08. The quantitative estimate of drug-likeness (QED) is 0.607. The number of hydrogen-bond donors (Lipinski definition) is 0. The predicted molar refractivity (Wildman–Crippen MR) is 49.3 cm³/mol. The van der Waals surface area contributed by atoms with E-state index in [0.29, 0.717) is 0 Å². The predicted octanol–water partition coefficient (Wildman–Crippen LogP) is 2.97. The van der Waals surface area contributed by atoms with Gasteiger partial charge in [0.05, 0.1) is 16.1 Å². The Morgan fingerprint density at radius 3 is 1.36 bits per heavy atom. The van der Waals surface area contributed by atoms with E-state index in [1.165, 1.54) is 0 Å². The minimum absolute atomic E-state index is 0.461.